The number of aryl methyl sites for hydroxylation is 1. The molecule has 0 bridgehead atoms. The van der Waals surface area contributed by atoms with Crippen LogP contribution in [0.5, 0.6) is 0 Å². The lowest BCUT2D eigenvalue weighted by Crippen LogP contribution is -2.46. The number of aliphatic hydroxyl groups excluding tert-OH is 1. The molecule has 104 valence electrons. The minimum absolute atomic E-state index is 0.170. The largest absolute Gasteiger partial charge is 0.391 e. The number of amides is 2. The molecule has 1 aromatic rings. The van der Waals surface area contributed by atoms with E-state index in [0.29, 0.717) is 10.7 Å². The number of urea groups is 1. The first-order chi connectivity index (χ1) is 9.08. The van der Waals surface area contributed by atoms with Gasteiger partial charge in [-0.3, -0.25) is 0 Å². The number of benzene rings is 1. The molecule has 2 amide bonds. The van der Waals surface area contributed by atoms with Crippen LogP contribution in [-0.4, -0.2) is 23.3 Å². The quantitative estimate of drug-likeness (QED) is 0.781. The van der Waals surface area contributed by atoms with Gasteiger partial charge in [0.1, 0.15) is 0 Å². The summed E-state index contributed by atoms with van der Waals surface area (Å²) in [4.78, 5) is 11.9. The van der Waals surface area contributed by atoms with E-state index >= 15 is 0 Å². The monoisotopic (exact) mass is 282 g/mol. The number of anilines is 1. The van der Waals surface area contributed by atoms with Crippen LogP contribution in [0.4, 0.5) is 10.5 Å². The van der Waals surface area contributed by atoms with Crippen molar-refractivity contribution in [1.29, 1.82) is 0 Å². The first-order valence-corrected chi connectivity index (χ1v) is 6.96. The Morgan fingerprint density at radius 2 is 2.11 bits per heavy atom. The number of nitrogens with one attached hydrogen (secondary N) is 2. The number of aliphatic hydroxyl groups is 1. The van der Waals surface area contributed by atoms with E-state index in [1.165, 1.54) is 0 Å². The zero-order chi connectivity index (χ0) is 13.8. The van der Waals surface area contributed by atoms with Gasteiger partial charge in [0.15, 0.2) is 0 Å². The van der Waals surface area contributed by atoms with E-state index in [2.05, 4.69) is 10.6 Å². The second-order valence-corrected chi connectivity index (χ2v) is 5.40. The van der Waals surface area contributed by atoms with Crippen molar-refractivity contribution in [3.63, 3.8) is 0 Å². The third-order valence-electron chi connectivity index (χ3n) is 3.51. The standard InChI is InChI=1S/C14H19ClN2O2/c1-9-5-4-6-10(15)13(9)17-14(19)16-11-7-2-3-8-12(11)18/h4-6,11-12,18H,2-3,7-8H2,1H3,(H2,16,17,19)/t11-,12-/m0/s1. The predicted molar refractivity (Wildman–Crippen MR) is 76.6 cm³/mol. The van der Waals surface area contributed by atoms with Crippen LogP contribution < -0.4 is 10.6 Å². The molecule has 1 aliphatic rings. The van der Waals surface area contributed by atoms with Crippen molar-refractivity contribution in [2.24, 2.45) is 0 Å². The van der Waals surface area contributed by atoms with Crippen LogP contribution in [0.3, 0.4) is 0 Å². The summed E-state index contributed by atoms with van der Waals surface area (Å²) in [6.45, 7) is 1.89. The number of rotatable bonds is 2. The Morgan fingerprint density at radius 3 is 2.79 bits per heavy atom. The normalized spacial score (nSPS) is 22.9. The molecule has 1 fully saturated rings. The summed E-state index contributed by atoms with van der Waals surface area (Å²) in [6.07, 6.45) is 3.16. The molecule has 2 atom stereocenters. The molecule has 0 aliphatic heterocycles. The van der Waals surface area contributed by atoms with Crippen LogP contribution in [0.25, 0.3) is 0 Å². The van der Waals surface area contributed by atoms with Crippen molar-refractivity contribution in [2.75, 3.05) is 5.32 Å². The van der Waals surface area contributed by atoms with Crippen molar-refractivity contribution in [1.82, 2.24) is 5.32 Å². The van der Waals surface area contributed by atoms with E-state index in [1.807, 2.05) is 19.1 Å². The number of carbonyl (C=O) groups is 1. The Morgan fingerprint density at radius 1 is 1.37 bits per heavy atom. The van der Waals surface area contributed by atoms with Crippen molar-refractivity contribution >= 4 is 23.3 Å². The van der Waals surface area contributed by atoms with Crippen LogP contribution in [0.1, 0.15) is 31.2 Å². The second kappa shape index (κ2) is 6.26. The molecule has 1 aromatic carbocycles. The molecule has 0 heterocycles. The lowest BCUT2D eigenvalue weighted by atomic mass is 9.93. The molecule has 3 N–H and O–H groups in total. The smallest absolute Gasteiger partial charge is 0.319 e. The molecule has 0 radical (unpaired) electrons. The fourth-order valence-corrected chi connectivity index (χ4v) is 2.66. The highest BCUT2D eigenvalue weighted by atomic mass is 35.5. The van der Waals surface area contributed by atoms with Crippen molar-refractivity contribution < 1.29 is 9.90 Å². The van der Waals surface area contributed by atoms with Gasteiger partial charge in [-0.05, 0) is 31.4 Å². The van der Waals surface area contributed by atoms with Crippen LogP contribution in [0.2, 0.25) is 5.02 Å². The molecular weight excluding hydrogens is 264 g/mol. The summed E-state index contributed by atoms with van der Waals surface area (Å²) in [5.41, 5.74) is 1.53. The molecule has 4 nitrogen and oxygen atoms in total. The molecule has 1 saturated carbocycles. The van der Waals surface area contributed by atoms with E-state index < -0.39 is 6.10 Å². The van der Waals surface area contributed by atoms with E-state index in [-0.39, 0.29) is 12.1 Å². The summed E-state index contributed by atoms with van der Waals surface area (Å²) < 4.78 is 0. The number of carbonyl (C=O) groups excluding carboxylic acids is 1. The van der Waals surface area contributed by atoms with Gasteiger partial charge in [0, 0.05) is 0 Å². The Hall–Kier alpha value is -1.26. The average Bonchev–Trinajstić information content (AvgIpc) is 2.37. The van der Waals surface area contributed by atoms with Gasteiger partial charge < -0.3 is 15.7 Å². The number of hydrogen-bond donors (Lipinski definition) is 3. The van der Waals surface area contributed by atoms with Crippen molar-refractivity contribution in [2.45, 2.75) is 44.8 Å². The van der Waals surface area contributed by atoms with Gasteiger partial charge >= 0.3 is 6.03 Å². The Bertz CT molecular complexity index is 445. The SMILES string of the molecule is Cc1cccc(Cl)c1NC(=O)N[C@H]1CCCC[C@@H]1O. The lowest BCUT2D eigenvalue weighted by molar-refractivity contribution is 0.0955. The fraction of sp³-hybridized carbons (Fsp3) is 0.500. The zero-order valence-corrected chi connectivity index (χ0v) is 11.7. The lowest BCUT2D eigenvalue weighted by Gasteiger charge is -2.28. The summed E-state index contributed by atoms with van der Waals surface area (Å²) in [7, 11) is 0. The van der Waals surface area contributed by atoms with Crippen LogP contribution in [0.15, 0.2) is 18.2 Å². The molecular formula is C14H19ClN2O2. The molecule has 0 spiro atoms. The zero-order valence-electron chi connectivity index (χ0n) is 10.9. The highest BCUT2D eigenvalue weighted by Gasteiger charge is 2.24. The molecule has 0 saturated heterocycles. The third kappa shape index (κ3) is 3.61. The number of hydrogen-bond acceptors (Lipinski definition) is 2. The summed E-state index contributed by atoms with van der Waals surface area (Å²) in [5.74, 6) is 0. The van der Waals surface area contributed by atoms with Crippen LogP contribution in [0, 0.1) is 6.92 Å². The van der Waals surface area contributed by atoms with Gasteiger partial charge in [-0.15, -0.1) is 0 Å². The summed E-state index contributed by atoms with van der Waals surface area (Å²) in [5, 5.41) is 15.9. The molecule has 5 heteroatoms. The van der Waals surface area contributed by atoms with E-state index in [4.69, 9.17) is 11.6 Å². The highest BCUT2D eigenvalue weighted by molar-refractivity contribution is 6.33. The number of para-hydroxylation sites is 1. The Balaban J connectivity index is 1.97. The van der Waals surface area contributed by atoms with Crippen molar-refractivity contribution in [3.8, 4) is 0 Å². The molecule has 1 aliphatic carbocycles. The number of halogens is 1. The van der Waals surface area contributed by atoms with Gasteiger partial charge in [-0.1, -0.05) is 36.6 Å². The van der Waals surface area contributed by atoms with Crippen LogP contribution >= 0.6 is 11.6 Å². The first-order valence-electron chi connectivity index (χ1n) is 6.58. The highest BCUT2D eigenvalue weighted by Crippen LogP contribution is 2.25. The predicted octanol–water partition coefficient (Wildman–Crippen LogP) is 3.07. The van der Waals surface area contributed by atoms with E-state index in [1.54, 1.807) is 6.07 Å². The molecule has 2 rings (SSSR count). The van der Waals surface area contributed by atoms with E-state index in [0.717, 1.165) is 31.2 Å². The minimum Gasteiger partial charge on any atom is -0.391 e. The maximum atomic E-state index is 11.9. The van der Waals surface area contributed by atoms with Gasteiger partial charge in [0.05, 0.1) is 22.9 Å². The summed E-state index contributed by atoms with van der Waals surface area (Å²) in [6, 6.07) is 4.97. The minimum atomic E-state index is -0.452. The second-order valence-electron chi connectivity index (χ2n) is 4.99. The van der Waals surface area contributed by atoms with Gasteiger partial charge in [0.25, 0.3) is 0 Å². The van der Waals surface area contributed by atoms with Gasteiger partial charge in [-0.25, -0.2) is 4.79 Å². The molecule has 0 unspecified atom stereocenters. The van der Waals surface area contributed by atoms with Gasteiger partial charge in [0.2, 0.25) is 0 Å². The maximum Gasteiger partial charge on any atom is 0.319 e. The van der Waals surface area contributed by atoms with Crippen molar-refractivity contribution in [3.05, 3.63) is 28.8 Å². The molecule has 19 heavy (non-hydrogen) atoms. The third-order valence-corrected chi connectivity index (χ3v) is 3.82. The first kappa shape index (κ1) is 14.2. The summed E-state index contributed by atoms with van der Waals surface area (Å²) >= 11 is 6.05. The fourth-order valence-electron chi connectivity index (χ4n) is 2.39. The Labute approximate surface area is 118 Å². The van der Waals surface area contributed by atoms with Gasteiger partial charge in [-0.2, -0.15) is 0 Å². The topological polar surface area (TPSA) is 61.4 Å². The Kier molecular flexibility index (Phi) is 4.66. The average molecular weight is 283 g/mol. The van der Waals surface area contributed by atoms with Crippen LogP contribution in [-0.2, 0) is 0 Å². The maximum absolute atomic E-state index is 11.9. The van der Waals surface area contributed by atoms with E-state index in [9.17, 15) is 9.90 Å². The molecule has 0 aromatic heterocycles.